The summed E-state index contributed by atoms with van der Waals surface area (Å²) in [6, 6.07) is 16.8. The van der Waals surface area contributed by atoms with E-state index in [-0.39, 0.29) is 0 Å². The van der Waals surface area contributed by atoms with Crippen molar-refractivity contribution in [3.05, 3.63) is 59.7 Å². The smallest absolute Gasteiger partial charge is 0.161 e. The van der Waals surface area contributed by atoms with Crippen LogP contribution in [0.5, 0.6) is 11.5 Å². The highest BCUT2D eigenvalue weighted by Gasteiger charge is 2.18. The Bertz CT molecular complexity index is 577. The van der Waals surface area contributed by atoms with Gasteiger partial charge in [0.25, 0.3) is 0 Å². The van der Waals surface area contributed by atoms with Crippen LogP contribution in [0.3, 0.4) is 0 Å². The van der Waals surface area contributed by atoms with Crippen LogP contribution in [0.2, 0.25) is 0 Å². The lowest BCUT2D eigenvalue weighted by Crippen LogP contribution is -2.13. The van der Waals surface area contributed by atoms with Gasteiger partial charge in [-0.3, -0.25) is 0 Å². The lowest BCUT2D eigenvalue weighted by molar-refractivity contribution is 0.284. The molecule has 0 aromatic heterocycles. The summed E-state index contributed by atoms with van der Waals surface area (Å²) in [7, 11) is 1.68. The summed E-state index contributed by atoms with van der Waals surface area (Å²) >= 11 is 0. The molecule has 1 N–H and O–H groups in total. The molecule has 0 saturated carbocycles. The summed E-state index contributed by atoms with van der Waals surface area (Å²) in [5, 5.41) is 3.51. The third-order valence-corrected chi connectivity index (χ3v) is 3.89. The second kappa shape index (κ2) is 6.64. The summed E-state index contributed by atoms with van der Waals surface area (Å²) in [5.41, 5.74) is 2.43. The molecule has 3 heteroatoms. The fourth-order valence-electron chi connectivity index (χ4n) is 2.73. The molecule has 3 rings (SSSR count). The van der Waals surface area contributed by atoms with Gasteiger partial charge >= 0.3 is 0 Å². The van der Waals surface area contributed by atoms with Crippen molar-refractivity contribution in [3.63, 3.8) is 0 Å². The van der Waals surface area contributed by atoms with E-state index in [1.807, 2.05) is 24.3 Å². The van der Waals surface area contributed by atoms with E-state index in [0.717, 1.165) is 23.6 Å². The standard InChI is InChI=1S/C18H21NO2/c1-20-17-10-9-15(16-8-5-11-19-16)12-18(17)21-13-14-6-3-2-4-7-14/h2-4,6-7,9-10,12,16,19H,5,8,11,13H2,1H3/t16-/m1/s1. The second-order valence-corrected chi connectivity index (χ2v) is 5.33. The monoisotopic (exact) mass is 283 g/mol. The van der Waals surface area contributed by atoms with Crippen molar-refractivity contribution < 1.29 is 9.47 Å². The number of nitrogens with one attached hydrogen (secondary N) is 1. The fourth-order valence-corrected chi connectivity index (χ4v) is 2.73. The number of rotatable bonds is 5. The van der Waals surface area contributed by atoms with Gasteiger partial charge in [-0.1, -0.05) is 36.4 Å². The molecule has 1 saturated heterocycles. The van der Waals surface area contributed by atoms with Crippen LogP contribution in [0, 0.1) is 0 Å². The Morgan fingerprint density at radius 2 is 1.95 bits per heavy atom. The molecule has 2 aromatic carbocycles. The van der Waals surface area contributed by atoms with Crippen molar-refractivity contribution in [1.29, 1.82) is 0 Å². The van der Waals surface area contributed by atoms with Crippen LogP contribution in [0.25, 0.3) is 0 Å². The first-order chi connectivity index (χ1) is 10.4. The summed E-state index contributed by atoms with van der Waals surface area (Å²) in [6.45, 7) is 1.65. The first-order valence-electron chi connectivity index (χ1n) is 7.45. The van der Waals surface area contributed by atoms with Gasteiger partial charge in [-0.25, -0.2) is 0 Å². The Labute approximate surface area is 125 Å². The molecule has 1 aliphatic heterocycles. The predicted octanol–water partition coefficient (Wildman–Crippen LogP) is 3.70. The Hall–Kier alpha value is -2.00. The molecule has 0 amide bonds. The zero-order chi connectivity index (χ0) is 14.5. The lowest BCUT2D eigenvalue weighted by atomic mass is 10.0. The minimum Gasteiger partial charge on any atom is -0.493 e. The molecule has 0 radical (unpaired) electrons. The number of hydrogen-bond donors (Lipinski definition) is 1. The zero-order valence-corrected chi connectivity index (χ0v) is 12.3. The molecular formula is C18H21NO2. The molecule has 0 aliphatic carbocycles. The number of methoxy groups -OCH3 is 1. The van der Waals surface area contributed by atoms with Gasteiger partial charge in [0.05, 0.1) is 7.11 Å². The Kier molecular flexibility index (Phi) is 4.41. The van der Waals surface area contributed by atoms with Crippen LogP contribution in [-0.4, -0.2) is 13.7 Å². The van der Waals surface area contributed by atoms with Gasteiger partial charge in [0.1, 0.15) is 6.61 Å². The highest BCUT2D eigenvalue weighted by Crippen LogP contribution is 2.33. The second-order valence-electron chi connectivity index (χ2n) is 5.33. The molecule has 0 bridgehead atoms. The molecule has 1 aliphatic rings. The van der Waals surface area contributed by atoms with Gasteiger partial charge in [0.15, 0.2) is 11.5 Å². The van der Waals surface area contributed by atoms with E-state index >= 15 is 0 Å². The van der Waals surface area contributed by atoms with Crippen LogP contribution in [0.4, 0.5) is 0 Å². The maximum Gasteiger partial charge on any atom is 0.161 e. The quantitative estimate of drug-likeness (QED) is 0.907. The predicted molar refractivity (Wildman–Crippen MR) is 83.7 cm³/mol. The van der Waals surface area contributed by atoms with Crippen molar-refractivity contribution in [1.82, 2.24) is 5.32 Å². The van der Waals surface area contributed by atoms with E-state index in [9.17, 15) is 0 Å². The fraction of sp³-hybridized carbons (Fsp3) is 0.333. The zero-order valence-electron chi connectivity index (χ0n) is 12.3. The van der Waals surface area contributed by atoms with Crippen molar-refractivity contribution >= 4 is 0 Å². The third-order valence-electron chi connectivity index (χ3n) is 3.89. The summed E-state index contributed by atoms with van der Waals surface area (Å²) in [6.07, 6.45) is 2.42. The van der Waals surface area contributed by atoms with Gasteiger partial charge in [-0.15, -0.1) is 0 Å². The molecule has 1 fully saturated rings. The first-order valence-corrected chi connectivity index (χ1v) is 7.45. The van der Waals surface area contributed by atoms with Crippen molar-refractivity contribution in [2.24, 2.45) is 0 Å². The lowest BCUT2D eigenvalue weighted by Gasteiger charge is -2.15. The average Bonchev–Trinajstić information content (AvgIpc) is 3.08. The minimum atomic E-state index is 0.440. The molecule has 0 spiro atoms. The largest absolute Gasteiger partial charge is 0.493 e. The molecular weight excluding hydrogens is 262 g/mol. The summed E-state index contributed by atoms with van der Waals surface area (Å²) < 4.78 is 11.4. The molecule has 1 atom stereocenters. The van der Waals surface area contributed by atoms with E-state index in [2.05, 4.69) is 29.6 Å². The topological polar surface area (TPSA) is 30.5 Å². The van der Waals surface area contributed by atoms with Gasteiger partial charge in [-0.05, 0) is 42.6 Å². The van der Waals surface area contributed by atoms with Gasteiger partial charge < -0.3 is 14.8 Å². The van der Waals surface area contributed by atoms with Gasteiger partial charge in [-0.2, -0.15) is 0 Å². The highest BCUT2D eigenvalue weighted by atomic mass is 16.5. The van der Waals surface area contributed by atoms with E-state index in [0.29, 0.717) is 12.6 Å². The summed E-state index contributed by atoms with van der Waals surface area (Å²) in [5.74, 6) is 1.60. The van der Waals surface area contributed by atoms with Gasteiger partial charge in [0.2, 0.25) is 0 Å². The van der Waals surface area contributed by atoms with Crippen LogP contribution < -0.4 is 14.8 Å². The summed E-state index contributed by atoms with van der Waals surface area (Å²) in [4.78, 5) is 0. The minimum absolute atomic E-state index is 0.440. The van der Waals surface area contributed by atoms with Crippen LogP contribution in [0.15, 0.2) is 48.5 Å². The number of hydrogen-bond acceptors (Lipinski definition) is 3. The molecule has 0 unspecified atom stereocenters. The average molecular weight is 283 g/mol. The third kappa shape index (κ3) is 3.37. The van der Waals surface area contributed by atoms with Crippen LogP contribution in [0.1, 0.15) is 30.0 Å². The molecule has 2 aromatic rings. The molecule has 1 heterocycles. The first kappa shape index (κ1) is 14.0. The normalized spacial score (nSPS) is 17.7. The Morgan fingerprint density at radius 1 is 1.10 bits per heavy atom. The van der Waals surface area contributed by atoms with E-state index in [1.165, 1.54) is 18.4 Å². The Balaban J connectivity index is 1.76. The maximum absolute atomic E-state index is 5.96. The van der Waals surface area contributed by atoms with Gasteiger partial charge in [0, 0.05) is 6.04 Å². The molecule has 110 valence electrons. The highest BCUT2D eigenvalue weighted by molar-refractivity contribution is 5.44. The van der Waals surface area contributed by atoms with E-state index in [1.54, 1.807) is 7.11 Å². The Morgan fingerprint density at radius 3 is 2.67 bits per heavy atom. The van der Waals surface area contributed by atoms with Crippen LogP contribution >= 0.6 is 0 Å². The number of benzene rings is 2. The SMILES string of the molecule is COc1ccc([C@H]2CCCN2)cc1OCc1ccccc1. The van der Waals surface area contributed by atoms with Crippen molar-refractivity contribution in [3.8, 4) is 11.5 Å². The molecule has 21 heavy (non-hydrogen) atoms. The van der Waals surface area contributed by atoms with Crippen LogP contribution in [-0.2, 0) is 6.61 Å². The van der Waals surface area contributed by atoms with E-state index in [4.69, 9.17) is 9.47 Å². The molecule has 3 nitrogen and oxygen atoms in total. The van der Waals surface area contributed by atoms with E-state index < -0.39 is 0 Å². The van der Waals surface area contributed by atoms with Crippen molar-refractivity contribution in [2.45, 2.75) is 25.5 Å². The van der Waals surface area contributed by atoms with Crippen molar-refractivity contribution in [2.75, 3.05) is 13.7 Å². The number of ether oxygens (including phenoxy) is 2. The maximum atomic E-state index is 5.96.